The summed E-state index contributed by atoms with van der Waals surface area (Å²) >= 11 is 5.41. The lowest BCUT2D eigenvalue weighted by atomic mass is 9.94. The second-order valence-electron chi connectivity index (χ2n) is 8.59. The monoisotopic (exact) mass is 505 g/mol. The van der Waals surface area contributed by atoms with E-state index in [0.29, 0.717) is 27.6 Å². The molecule has 1 amide bonds. The van der Waals surface area contributed by atoms with E-state index in [0.717, 1.165) is 24.3 Å². The first-order chi connectivity index (χ1) is 16.4. The minimum absolute atomic E-state index is 0.0793. The Kier molecular flexibility index (Phi) is 7.84. The fourth-order valence-electron chi connectivity index (χ4n) is 3.48. The van der Waals surface area contributed by atoms with E-state index in [1.165, 1.54) is 0 Å². The number of rotatable bonds is 6. The van der Waals surface area contributed by atoms with Crippen molar-refractivity contribution >= 4 is 34.9 Å². The third-order valence-electron chi connectivity index (χ3n) is 5.47. The van der Waals surface area contributed by atoms with Crippen LogP contribution in [0.4, 0.5) is 18.9 Å². The molecule has 0 bridgehead atoms. The number of carbonyl (C=O) groups excluding carboxylic acids is 2. The molecule has 35 heavy (non-hydrogen) atoms. The molecule has 2 aromatic carbocycles. The molecule has 1 atom stereocenters. The maximum atomic E-state index is 13.0. The molecule has 6 nitrogen and oxygen atoms in total. The van der Waals surface area contributed by atoms with Crippen molar-refractivity contribution in [2.75, 3.05) is 19.0 Å². The summed E-state index contributed by atoms with van der Waals surface area (Å²) in [6, 6.07) is 10.1. The van der Waals surface area contributed by atoms with E-state index < -0.39 is 29.7 Å². The molecule has 0 spiro atoms. The molecule has 1 aliphatic rings. The van der Waals surface area contributed by atoms with Gasteiger partial charge >= 0.3 is 12.1 Å². The van der Waals surface area contributed by atoms with Crippen molar-refractivity contribution in [1.29, 1.82) is 0 Å². The first kappa shape index (κ1) is 26.2. The SMILES string of the molecule is CC1=C(C(=O)OCC(C)C)C(c2cccc(NC(=O)c3ccc(C(F)(F)F)cc3)c2)NC(=S)N1C. The third-order valence-corrected chi connectivity index (χ3v) is 5.87. The van der Waals surface area contributed by atoms with E-state index in [2.05, 4.69) is 10.6 Å². The Morgan fingerprint density at radius 1 is 1.17 bits per heavy atom. The van der Waals surface area contributed by atoms with Crippen LogP contribution in [0.2, 0.25) is 0 Å². The van der Waals surface area contributed by atoms with E-state index in [4.69, 9.17) is 17.0 Å². The number of anilines is 1. The minimum Gasteiger partial charge on any atom is -0.462 e. The number of hydrogen-bond donors (Lipinski definition) is 2. The molecule has 0 saturated heterocycles. The Balaban J connectivity index is 1.86. The molecule has 1 unspecified atom stereocenters. The van der Waals surface area contributed by atoms with Crippen molar-refractivity contribution in [2.45, 2.75) is 33.0 Å². The number of amides is 1. The number of esters is 1. The van der Waals surface area contributed by atoms with Crippen LogP contribution in [0.25, 0.3) is 0 Å². The van der Waals surface area contributed by atoms with Gasteiger partial charge in [-0.15, -0.1) is 0 Å². The number of thiocarbonyl (C=S) groups is 1. The van der Waals surface area contributed by atoms with Crippen LogP contribution in [0.3, 0.4) is 0 Å². The Morgan fingerprint density at radius 3 is 2.43 bits per heavy atom. The smallest absolute Gasteiger partial charge is 0.416 e. The van der Waals surface area contributed by atoms with Crippen molar-refractivity contribution in [2.24, 2.45) is 5.92 Å². The van der Waals surface area contributed by atoms with Crippen LogP contribution in [0.15, 0.2) is 59.8 Å². The Morgan fingerprint density at radius 2 is 1.83 bits per heavy atom. The first-order valence-electron chi connectivity index (χ1n) is 10.9. The summed E-state index contributed by atoms with van der Waals surface area (Å²) in [6.45, 7) is 5.92. The molecule has 2 N–H and O–H groups in total. The van der Waals surface area contributed by atoms with Crippen LogP contribution < -0.4 is 10.6 Å². The maximum Gasteiger partial charge on any atom is 0.416 e. The Bertz CT molecular complexity index is 1160. The summed E-state index contributed by atoms with van der Waals surface area (Å²) in [6.07, 6.45) is -4.48. The first-order valence-corrected chi connectivity index (χ1v) is 11.3. The highest BCUT2D eigenvalue weighted by Gasteiger charge is 2.34. The summed E-state index contributed by atoms with van der Waals surface area (Å²) in [4.78, 5) is 27.3. The normalized spacial score (nSPS) is 16.3. The summed E-state index contributed by atoms with van der Waals surface area (Å²) in [5.74, 6) is -0.870. The number of nitrogens with one attached hydrogen (secondary N) is 2. The van der Waals surface area contributed by atoms with Gasteiger partial charge in [0, 0.05) is 24.0 Å². The highest BCUT2D eigenvalue weighted by atomic mass is 32.1. The zero-order valence-corrected chi connectivity index (χ0v) is 20.5. The minimum atomic E-state index is -4.48. The van der Waals surface area contributed by atoms with E-state index in [9.17, 15) is 22.8 Å². The lowest BCUT2D eigenvalue weighted by molar-refractivity contribution is -0.140. The number of hydrogen-bond acceptors (Lipinski definition) is 4. The zero-order chi connectivity index (χ0) is 25.9. The fraction of sp³-hybridized carbons (Fsp3) is 0.320. The summed E-state index contributed by atoms with van der Waals surface area (Å²) in [5, 5.41) is 6.25. The van der Waals surface area contributed by atoms with Gasteiger partial charge in [-0.1, -0.05) is 26.0 Å². The standard InChI is InChI=1S/C25H26F3N3O3S/c1-14(2)13-34-23(33)20-15(3)31(4)24(35)30-21(20)17-6-5-7-19(12-17)29-22(32)16-8-10-18(11-9-16)25(26,27)28/h5-12,14,21H,13H2,1-4H3,(H,29,32)(H,30,35). The van der Waals surface area contributed by atoms with Crippen LogP contribution in [-0.4, -0.2) is 35.5 Å². The number of halogens is 3. The molecular formula is C25H26F3N3O3S. The number of carbonyl (C=O) groups is 2. The van der Waals surface area contributed by atoms with Crippen LogP contribution in [0.5, 0.6) is 0 Å². The lowest BCUT2D eigenvalue weighted by Gasteiger charge is -2.35. The highest BCUT2D eigenvalue weighted by Crippen LogP contribution is 2.32. The van der Waals surface area contributed by atoms with E-state index in [1.54, 1.807) is 43.1 Å². The van der Waals surface area contributed by atoms with Crippen LogP contribution in [-0.2, 0) is 15.7 Å². The molecule has 1 heterocycles. The van der Waals surface area contributed by atoms with E-state index >= 15 is 0 Å². The second-order valence-corrected chi connectivity index (χ2v) is 8.97. The van der Waals surface area contributed by atoms with Gasteiger partial charge in [-0.25, -0.2) is 4.79 Å². The maximum absolute atomic E-state index is 13.0. The molecule has 1 aliphatic heterocycles. The predicted octanol–water partition coefficient (Wildman–Crippen LogP) is 5.29. The molecule has 10 heteroatoms. The summed E-state index contributed by atoms with van der Waals surface area (Å²) < 4.78 is 43.8. The van der Waals surface area contributed by atoms with Gasteiger partial charge in [-0.2, -0.15) is 13.2 Å². The van der Waals surface area contributed by atoms with Crippen molar-refractivity contribution < 1.29 is 27.5 Å². The molecule has 0 fully saturated rings. The Labute approximate surface area is 207 Å². The van der Waals surface area contributed by atoms with Gasteiger partial charge in [0.15, 0.2) is 5.11 Å². The Hall–Kier alpha value is -3.40. The molecule has 3 rings (SSSR count). The molecule has 0 aromatic heterocycles. The number of allylic oxidation sites excluding steroid dienone is 1. The summed E-state index contributed by atoms with van der Waals surface area (Å²) in [7, 11) is 1.75. The van der Waals surface area contributed by atoms with Gasteiger partial charge in [0.25, 0.3) is 5.91 Å². The second kappa shape index (κ2) is 10.5. The average molecular weight is 506 g/mol. The number of benzene rings is 2. The van der Waals surface area contributed by atoms with Gasteiger partial charge in [0.05, 0.1) is 23.8 Å². The highest BCUT2D eigenvalue weighted by molar-refractivity contribution is 7.80. The van der Waals surface area contributed by atoms with Gasteiger partial charge in [-0.3, -0.25) is 4.79 Å². The van der Waals surface area contributed by atoms with Crippen molar-refractivity contribution in [3.63, 3.8) is 0 Å². The van der Waals surface area contributed by atoms with E-state index in [1.807, 2.05) is 13.8 Å². The quantitative estimate of drug-likeness (QED) is 0.411. The van der Waals surface area contributed by atoms with Crippen molar-refractivity contribution in [3.8, 4) is 0 Å². The molecule has 2 aromatic rings. The molecule has 0 saturated carbocycles. The molecule has 0 aliphatic carbocycles. The van der Waals surface area contributed by atoms with Gasteiger partial charge in [0.1, 0.15) is 0 Å². The average Bonchev–Trinajstić information content (AvgIpc) is 2.80. The van der Waals surface area contributed by atoms with Crippen LogP contribution in [0.1, 0.15) is 48.3 Å². The molecule has 0 radical (unpaired) electrons. The van der Waals surface area contributed by atoms with Gasteiger partial charge in [-0.05, 0) is 67.0 Å². The lowest BCUT2D eigenvalue weighted by Crippen LogP contribution is -2.46. The van der Waals surface area contributed by atoms with Crippen LogP contribution >= 0.6 is 12.2 Å². The molecular weight excluding hydrogens is 479 g/mol. The van der Waals surface area contributed by atoms with Crippen molar-refractivity contribution in [1.82, 2.24) is 10.2 Å². The van der Waals surface area contributed by atoms with Gasteiger partial charge < -0.3 is 20.3 Å². The predicted molar refractivity (Wildman–Crippen MR) is 131 cm³/mol. The summed E-state index contributed by atoms with van der Waals surface area (Å²) in [5.41, 5.74) is 1.35. The largest absolute Gasteiger partial charge is 0.462 e. The fourth-order valence-corrected chi connectivity index (χ4v) is 3.73. The van der Waals surface area contributed by atoms with Crippen LogP contribution in [0, 0.1) is 5.92 Å². The zero-order valence-electron chi connectivity index (χ0n) is 19.7. The molecule has 186 valence electrons. The third kappa shape index (κ3) is 6.19. The van der Waals surface area contributed by atoms with Crippen molar-refractivity contribution in [3.05, 3.63) is 76.5 Å². The topological polar surface area (TPSA) is 70.7 Å². The number of alkyl halides is 3. The van der Waals surface area contributed by atoms with E-state index in [-0.39, 0.29) is 18.1 Å². The number of nitrogens with zero attached hydrogens (tertiary/aromatic N) is 1. The number of ether oxygens (including phenoxy) is 1. The van der Waals surface area contributed by atoms with Gasteiger partial charge in [0.2, 0.25) is 0 Å².